The molecule has 1 aromatic rings. The molecule has 0 unspecified atom stereocenters. The first-order chi connectivity index (χ1) is 7.95. The number of ether oxygens (including phenoxy) is 2. The summed E-state index contributed by atoms with van der Waals surface area (Å²) in [5, 5.41) is 8.91. The van der Waals surface area contributed by atoms with Gasteiger partial charge in [-0.15, -0.1) is 11.6 Å². The van der Waals surface area contributed by atoms with Gasteiger partial charge < -0.3 is 14.6 Å². The lowest BCUT2D eigenvalue weighted by atomic mass is 10.1. The molecule has 0 atom stereocenters. The Morgan fingerprint density at radius 1 is 1.29 bits per heavy atom. The van der Waals surface area contributed by atoms with E-state index in [0.29, 0.717) is 24.0 Å². The normalized spacial score (nSPS) is 11.0. The highest BCUT2D eigenvalue weighted by molar-refractivity contribution is 6.18. The van der Waals surface area contributed by atoms with E-state index in [9.17, 15) is 4.79 Å². The van der Waals surface area contributed by atoms with Crippen molar-refractivity contribution >= 4 is 17.6 Å². The highest BCUT2D eigenvalue weighted by Crippen LogP contribution is 2.22. The maximum Gasteiger partial charge on any atom is 0.347 e. The molecule has 1 rings (SSSR count). The lowest BCUT2D eigenvalue weighted by Gasteiger charge is -2.21. The molecule has 0 fully saturated rings. The van der Waals surface area contributed by atoms with Gasteiger partial charge in [-0.1, -0.05) is 0 Å². The van der Waals surface area contributed by atoms with Gasteiger partial charge in [0.1, 0.15) is 18.1 Å². The quantitative estimate of drug-likeness (QED) is 0.797. The van der Waals surface area contributed by atoms with Crippen LogP contribution in [0.4, 0.5) is 0 Å². The minimum absolute atomic E-state index is 0.421. The van der Waals surface area contributed by atoms with E-state index in [-0.39, 0.29) is 0 Å². The number of carboxylic acid groups (broad SMARTS) is 1. The zero-order chi connectivity index (χ0) is 12.9. The molecular weight excluding hydrogens is 244 g/mol. The molecule has 17 heavy (non-hydrogen) atoms. The number of halogens is 1. The van der Waals surface area contributed by atoms with Crippen molar-refractivity contribution in [3.05, 3.63) is 24.3 Å². The second-order valence-electron chi connectivity index (χ2n) is 3.93. The van der Waals surface area contributed by atoms with E-state index in [1.54, 1.807) is 24.3 Å². The van der Waals surface area contributed by atoms with Crippen LogP contribution in [0.15, 0.2) is 24.3 Å². The Kier molecular flexibility index (Phi) is 4.63. The van der Waals surface area contributed by atoms with Crippen LogP contribution in [0.25, 0.3) is 0 Å². The summed E-state index contributed by atoms with van der Waals surface area (Å²) in [6.45, 7) is 3.42. The molecule has 0 aromatic heterocycles. The van der Waals surface area contributed by atoms with Crippen molar-refractivity contribution in [3.63, 3.8) is 0 Å². The lowest BCUT2D eigenvalue weighted by Crippen LogP contribution is -2.37. The summed E-state index contributed by atoms with van der Waals surface area (Å²) in [5.41, 5.74) is -1.25. The second kappa shape index (κ2) is 5.77. The SMILES string of the molecule is CC(C)(Oc1ccc(OCCCl)cc1)C(=O)O. The first-order valence-electron chi connectivity index (χ1n) is 5.17. The second-order valence-corrected chi connectivity index (χ2v) is 4.30. The first-order valence-corrected chi connectivity index (χ1v) is 5.70. The topological polar surface area (TPSA) is 55.8 Å². The van der Waals surface area contributed by atoms with E-state index in [0.717, 1.165) is 0 Å². The standard InChI is InChI=1S/C12H15ClO4/c1-12(2,11(14)15)17-10-5-3-9(4-6-10)16-8-7-13/h3-6H,7-8H2,1-2H3,(H,14,15). The molecule has 0 aliphatic heterocycles. The van der Waals surface area contributed by atoms with Gasteiger partial charge in [0, 0.05) is 0 Å². The molecule has 0 saturated heterocycles. The van der Waals surface area contributed by atoms with Crippen molar-refractivity contribution in [3.8, 4) is 11.5 Å². The van der Waals surface area contributed by atoms with Crippen molar-refractivity contribution in [2.24, 2.45) is 0 Å². The van der Waals surface area contributed by atoms with E-state index < -0.39 is 11.6 Å². The van der Waals surface area contributed by atoms with Gasteiger partial charge in [-0.3, -0.25) is 0 Å². The van der Waals surface area contributed by atoms with Crippen molar-refractivity contribution in [1.82, 2.24) is 0 Å². The Hall–Kier alpha value is -1.42. The molecular formula is C12H15ClO4. The average molecular weight is 259 g/mol. The van der Waals surface area contributed by atoms with Gasteiger partial charge in [0.2, 0.25) is 0 Å². The van der Waals surface area contributed by atoms with E-state index in [1.807, 2.05) is 0 Å². The third-order valence-electron chi connectivity index (χ3n) is 2.06. The number of benzene rings is 1. The number of alkyl halides is 1. The fraction of sp³-hybridized carbons (Fsp3) is 0.417. The van der Waals surface area contributed by atoms with Crippen LogP contribution in [0.1, 0.15) is 13.8 Å². The van der Waals surface area contributed by atoms with Gasteiger partial charge in [-0.05, 0) is 38.1 Å². The fourth-order valence-electron chi connectivity index (χ4n) is 1.10. The number of hydrogen-bond donors (Lipinski definition) is 1. The Balaban J connectivity index is 2.65. The minimum Gasteiger partial charge on any atom is -0.492 e. The molecule has 1 N–H and O–H groups in total. The van der Waals surface area contributed by atoms with Gasteiger partial charge in [0.05, 0.1) is 5.88 Å². The van der Waals surface area contributed by atoms with Crippen LogP contribution in [0, 0.1) is 0 Å². The molecule has 94 valence electrons. The number of rotatable bonds is 6. The molecule has 0 spiro atoms. The highest BCUT2D eigenvalue weighted by atomic mass is 35.5. The molecule has 0 aliphatic rings. The van der Waals surface area contributed by atoms with Crippen molar-refractivity contribution in [1.29, 1.82) is 0 Å². The summed E-state index contributed by atoms with van der Waals surface area (Å²) >= 11 is 5.49. The average Bonchev–Trinajstić information content (AvgIpc) is 2.27. The third kappa shape index (κ3) is 4.15. The van der Waals surface area contributed by atoms with Crippen LogP contribution in [0.5, 0.6) is 11.5 Å². The van der Waals surface area contributed by atoms with Crippen LogP contribution in [-0.4, -0.2) is 29.2 Å². The first kappa shape index (κ1) is 13.6. The molecule has 1 aromatic carbocycles. The summed E-state index contributed by atoms with van der Waals surface area (Å²) in [5.74, 6) is 0.561. The molecule has 0 heterocycles. The number of hydrogen-bond acceptors (Lipinski definition) is 3. The summed E-state index contributed by atoms with van der Waals surface area (Å²) in [6, 6.07) is 6.74. The molecule has 0 saturated carbocycles. The Morgan fingerprint density at radius 3 is 2.29 bits per heavy atom. The Bertz CT molecular complexity index is 373. The molecule has 4 nitrogen and oxygen atoms in total. The third-order valence-corrected chi connectivity index (χ3v) is 2.21. The van der Waals surface area contributed by atoms with Crippen LogP contribution in [0.3, 0.4) is 0 Å². The predicted molar refractivity (Wildman–Crippen MR) is 65.0 cm³/mol. The molecule has 0 aliphatic carbocycles. The maximum atomic E-state index is 10.9. The van der Waals surface area contributed by atoms with E-state index >= 15 is 0 Å². The molecule has 0 bridgehead atoms. The highest BCUT2D eigenvalue weighted by Gasteiger charge is 2.29. The summed E-state index contributed by atoms with van der Waals surface area (Å²) < 4.78 is 10.6. The summed E-state index contributed by atoms with van der Waals surface area (Å²) in [7, 11) is 0. The summed E-state index contributed by atoms with van der Waals surface area (Å²) in [4.78, 5) is 10.9. The monoisotopic (exact) mass is 258 g/mol. The lowest BCUT2D eigenvalue weighted by molar-refractivity contribution is -0.152. The Labute approximate surface area is 105 Å². The van der Waals surface area contributed by atoms with Gasteiger partial charge in [-0.25, -0.2) is 4.79 Å². The van der Waals surface area contributed by atoms with E-state index in [2.05, 4.69) is 0 Å². The number of carboxylic acids is 1. The van der Waals surface area contributed by atoms with Gasteiger partial charge in [0.25, 0.3) is 0 Å². The zero-order valence-corrected chi connectivity index (χ0v) is 10.5. The van der Waals surface area contributed by atoms with Gasteiger partial charge in [-0.2, -0.15) is 0 Å². The predicted octanol–water partition coefficient (Wildman–Crippen LogP) is 2.55. The molecule has 5 heteroatoms. The zero-order valence-electron chi connectivity index (χ0n) is 9.77. The molecule has 0 radical (unpaired) electrons. The Morgan fingerprint density at radius 2 is 1.82 bits per heavy atom. The van der Waals surface area contributed by atoms with Crippen LogP contribution < -0.4 is 9.47 Å². The van der Waals surface area contributed by atoms with Crippen molar-refractivity contribution < 1.29 is 19.4 Å². The van der Waals surface area contributed by atoms with Crippen molar-refractivity contribution in [2.45, 2.75) is 19.4 Å². The number of carbonyl (C=O) groups is 1. The van der Waals surface area contributed by atoms with Crippen LogP contribution in [0.2, 0.25) is 0 Å². The number of aliphatic carboxylic acids is 1. The fourth-order valence-corrected chi connectivity index (χ4v) is 1.18. The van der Waals surface area contributed by atoms with Gasteiger partial charge in [0.15, 0.2) is 5.60 Å². The van der Waals surface area contributed by atoms with Crippen LogP contribution >= 0.6 is 11.6 Å². The van der Waals surface area contributed by atoms with Gasteiger partial charge >= 0.3 is 5.97 Å². The largest absolute Gasteiger partial charge is 0.492 e. The summed E-state index contributed by atoms with van der Waals surface area (Å²) in [6.07, 6.45) is 0. The smallest absolute Gasteiger partial charge is 0.347 e. The van der Waals surface area contributed by atoms with Crippen LogP contribution in [-0.2, 0) is 4.79 Å². The minimum atomic E-state index is -1.25. The molecule has 0 amide bonds. The van der Waals surface area contributed by atoms with E-state index in [1.165, 1.54) is 13.8 Å². The van der Waals surface area contributed by atoms with E-state index in [4.69, 9.17) is 26.2 Å². The maximum absolute atomic E-state index is 10.9. The van der Waals surface area contributed by atoms with Crippen molar-refractivity contribution in [2.75, 3.05) is 12.5 Å².